The molecule has 0 unspecified atom stereocenters. The number of halogens is 2. The van der Waals surface area contributed by atoms with Crippen LogP contribution in [-0.2, 0) is 11.3 Å². The molecule has 1 saturated carbocycles. The van der Waals surface area contributed by atoms with Gasteiger partial charge in [0.15, 0.2) is 17.5 Å². The second-order valence-corrected chi connectivity index (χ2v) is 8.42. The van der Waals surface area contributed by atoms with Gasteiger partial charge in [0.1, 0.15) is 23.5 Å². The van der Waals surface area contributed by atoms with Crippen LogP contribution in [-0.4, -0.2) is 42.0 Å². The van der Waals surface area contributed by atoms with E-state index in [9.17, 15) is 18.7 Å². The molecule has 1 fully saturated rings. The molecule has 0 spiro atoms. The average Bonchev–Trinajstić information content (AvgIpc) is 3.52. The summed E-state index contributed by atoms with van der Waals surface area (Å²) in [5.41, 5.74) is 1.76. The van der Waals surface area contributed by atoms with Gasteiger partial charge >= 0.3 is 5.97 Å². The molecule has 0 saturated heterocycles. The van der Waals surface area contributed by atoms with Crippen LogP contribution in [0.25, 0.3) is 22.9 Å². The first-order valence-corrected chi connectivity index (χ1v) is 11.2. The lowest BCUT2D eigenvalue weighted by atomic mass is 9.84. The topological polar surface area (TPSA) is 119 Å². The van der Waals surface area contributed by atoms with Crippen molar-refractivity contribution < 1.29 is 23.2 Å². The van der Waals surface area contributed by atoms with Crippen molar-refractivity contribution in [1.29, 1.82) is 0 Å². The fourth-order valence-electron chi connectivity index (χ4n) is 4.35. The van der Waals surface area contributed by atoms with Crippen molar-refractivity contribution in [2.75, 3.05) is 5.32 Å². The highest BCUT2D eigenvalue weighted by atomic mass is 19.1. The highest BCUT2D eigenvalue weighted by Gasteiger charge is 2.31. The summed E-state index contributed by atoms with van der Waals surface area (Å²) in [5.74, 6) is -2.55. The van der Waals surface area contributed by atoms with Crippen molar-refractivity contribution in [3.05, 3.63) is 66.1 Å². The fraction of sp³-hybridized carbons (Fsp3) is 0.292. The highest BCUT2D eigenvalue weighted by molar-refractivity contribution is 5.72. The number of benzene rings is 1. The van der Waals surface area contributed by atoms with Crippen molar-refractivity contribution in [3.8, 4) is 22.9 Å². The Morgan fingerprint density at radius 1 is 1.14 bits per heavy atom. The number of aromatic nitrogens is 5. The van der Waals surface area contributed by atoms with E-state index in [0.717, 1.165) is 19.0 Å². The van der Waals surface area contributed by atoms with Crippen LogP contribution in [0.2, 0.25) is 0 Å². The number of carboxylic acid groups (broad SMARTS) is 1. The summed E-state index contributed by atoms with van der Waals surface area (Å²) in [4.78, 5) is 20.0. The Hall–Kier alpha value is -4.15. The number of aliphatic carboxylic acids is 1. The van der Waals surface area contributed by atoms with Crippen LogP contribution < -0.4 is 5.32 Å². The first-order valence-electron chi connectivity index (χ1n) is 11.2. The Labute approximate surface area is 198 Å². The molecule has 1 aromatic carbocycles. The van der Waals surface area contributed by atoms with Crippen molar-refractivity contribution in [1.82, 2.24) is 24.9 Å². The lowest BCUT2D eigenvalue weighted by molar-refractivity contribution is -0.143. The molecule has 1 aliphatic rings. The second kappa shape index (κ2) is 9.61. The predicted molar refractivity (Wildman–Crippen MR) is 121 cm³/mol. The standard InChI is InChI=1S/C24H22F2N6O3/c25-16-7-3-1-5-14(16)13-32-21(19-9-10-35-31-19)11-20(30-32)23-27-12-17(26)22(29-23)28-18-8-4-2-6-15(18)24(33)34/h1,3,5,7,9-12,15,18H,2,4,6,8,13H2,(H,33,34)(H,27,28,29)/t15-,18-/m1/s1. The lowest BCUT2D eigenvalue weighted by Gasteiger charge is -2.29. The van der Waals surface area contributed by atoms with Crippen molar-refractivity contribution >= 4 is 11.8 Å². The molecule has 4 aromatic rings. The summed E-state index contributed by atoms with van der Waals surface area (Å²) in [6.45, 7) is 0.115. The van der Waals surface area contributed by atoms with Crippen LogP contribution in [0.4, 0.5) is 14.6 Å². The normalized spacial score (nSPS) is 17.9. The zero-order chi connectivity index (χ0) is 24.4. The van der Waals surface area contributed by atoms with Gasteiger partial charge in [-0.1, -0.05) is 36.2 Å². The summed E-state index contributed by atoms with van der Waals surface area (Å²) in [6.07, 6.45) is 5.22. The van der Waals surface area contributed by atoms with Gasteiger partial charge in [0, 0.05) is 17.7 Å². The molecule has 0 radical (unpaired) electrons. The molecule has 3 aromatic heterocycles. The van der Waals surface area contributed by atoms with E-state index in [2.05, 4.69) is 25.5 Å². The Kier molecular flexibility index (Phi) is 6.21. The number of anilines is 1. The average molecular weight is 480 g/mol. The molecule has 3 heterocycles. The Balaban J connectivity index is 1.49. The fourth-order valence-corrected chi connectivity index (χ4v) is 4.35. The molecule has 1 aliphatic carbocycles. The molecule has 0 amide bonds. The lowest BCUT2D eigenvalue weighted by Crippen LogP contribution is -2.37. The maximum atomic E-state index is 14.6. The van der Waals surface area contributed by atoms with E-state index in [4.69, 9.17) is 4.52 Å². The van der Waals surface area contributed by atoms with Crippen LogP contribution in [0.1, 0.15) is 31.2 Å². The third-order valence-corrected chi connectivity index (χ3v) is 6.14. The molecular weight excluding hydrogens is 458 g/mol. The van der Waals surface area contributed by atoms with Gasteiger partial charge in [-0.05, 0) is 25.0 Å². The molecule has 35 heavy (non-hydrogen) atoms. The van der Waals surface area contributed by atoms with E-state index in [0.29, 0.717) is 35.5 Å². The van der Waals surface area contributed by atoms with Gasteiger partial charge < -0.3 is 14.9 Å². The molecule has 0 aliphatic heterocycles. The molecule has 2 N–H and O–H groups in total. The smallest absolute Gasteiger partial charge is 0.308 e. The summed E-state index contributed by atoms with van der Waals surface area (Å²) >= 11 is 0. The highest BCUT2D eigenvalue weighted by Crippen LogP contribution is 2.29. The number of nitrogens with one attached hydrogen (secondary N) is 1. The third-order valence-electron chi connectivity index (χ3n) is 6.14. The predicted octanol–water partition coefficient (Wildman–Crippen LogP) is 4.38. The molecule has 11 heteroatoms. The summed E-state index contributed by atoms with van der Waals surface area (Å²) in [5, 5.41) is 21.0. The molecular formula is C24H22F2N6O3. The molecule has 0 bridgehead atoms. The number of carboxylic acids is 1. The third kappa shape index (κ3) is 4.75. The van der Waals surface area contributed by atoms with Gasteiger partial charge in [-0.3, -0.25) is 9.48 Å². The van der Waals surface area contributed by atoms with E-state index in [1.54, 1.807) is 35.0 Å². The van der Waals surface area contributed by atoms with Gasteiger partial charge in [-0.2, -0.15) is 5.10 Å². The minimum absolute atomic E-state index is 0.0835. The van der Waals surface area contributed by atoms with E-state index in [-0.39, 0.29) is 24.0 Å². The number of rotatable bonds is 7. The minimum atomic E-state index is -0.916. The summed E-state index contributed by atoms with van der Waals surface area (Å²) < 4.78 is 35.4. The molecule has 2 atom stereocenters. The van der Waals surface area contributed by atoms with Gasteiger partial charge in [0.25, 0.3) is 0 Å². The number of nitrogens with zero attached hydrogens (tertiary/aromatic N) is 5. The van der Waals surface area contributed by atoms with Gasteiger partial charge in [-0.25, -0.2) is 18.7 Å². The second-order valence-electron chi connectivity index (χ2n) is 8.42. The molecule has 180 valence electrons. The van der Waals surface area contributed by atoms with Crippen molar-refractivity contribution in [2.45, 2.75) is 38.3 Å². The zero-order valence-corrected chi connectivity index (χ0v) is 18.6. The van der Waals surface area contributed by atoms with Crippen LogP contribution in [0.3, 0.4) is 0 Å². The maximum absolute atomic E-state index is 14.6. The Morgan fingerprint density at radius 3 is 2.74 bits per heavy atom. The van der Waals surface area contributed by atoms with Crippen molar-refractivity contribution in [3.63, 3.8) is 0 Å². The molecule has 5 rings (SSSR count). The first kappa shape index (κ1) is 22.6. The van der Waals surface area contributed by atoms with Crippen molar-refractivity contribution in [2.24, 2.45) is 5.92 Å². The van der Waals surface area contributed by atoms with Crippen LogP contribution in [0, 0.1) is 17.6 Å². The van der Waals surface area contributed by atoms with E-state index in [1.807, 2.05) is 0 Å². The maximum Gasteiger partial charge on any atom is 0.308 e. The summed E-state index contributed by atoms with van der Waals surface area (Å²) in [7, 11) is 0. The van der Waals surface area contributed by atoms with Gasteiger partial charge in [-0.15, -0.1) is 0 Å². The number of hydrogen-bond donors (Lipinski definition) is 2. The summed E-state index contributed by atoms with van der Waals surface area (Å²) in [6, 6.07) is 9.23. The molecule has 9 nitrogen and oxygen atoms in total. The first-order chi connectivity index (χ1) is 17.0. The minimum Gasteiger partial charge on any atom is -0.481 e. The monoisotopic (exact) mass is 480 g/mol. The van der Waals surface area contributed by atoms with E-state index >= 15 is 0 Å². The number of hydrogen-bond acceptors (Lipinski definition) is 7. The van der Waals surface area contributed by atoms with Gasteiger partial charge in [0.05, 0.1) is 24.4 Å². The largest absolute Gasteiger partial charge is 0.481 e. The van der Waals surface area contributed by atoms with Crippen LogP contribution in [0.15, 0.2) is 53.4 Å². The van der Waals surface area contributed by atoms with Crippen LogP contribution >= 0.6 is 0 Å². The number of carbonyl (C=O) groups is 1. The Morgan fingerprint density at radius 2 is 1.97 bits per heavy atom. The van der Waals surface area contributed by atoms with E-state index in [1.165, 1.54) is 12.3 Å². The van der Waals surface area contributed by atoms with Crippen LogP contribution in [0.5, 0.6) is 0 Å². The zero-order valence-electron chi connectivity index (χ0n) is 18.6. The SMILES string of the molecule is O=C(O)[C@@H]1CCCC[C@H]1Nc1nc(-c2cc(-c3ccon3)n(Cc3ccccc3F)n2)ncc1F. The Bertz CT molecular complexity index is 1340. The quantitative estimate of drug-likeness (QED) is 0.400. The van der Waals surface area contributed by atoms with Gasteiger partial charge in [0.2, 0.25) is 0 Å². The van der Waals surface area contributed by atoms with E-state index < -0.39 is 23.7 Å².